The Morgan fingerprint density at radius 2 is 1.54 bits per heavy atom. The van der Waals surface area contributed by atoms with Crippen LogP contribution in [0.2, 0.25) is 5.02 Å². The van der Waals surface area contributed by atoms with E-state index >= 15 is 0 Å². The van der Waals surface area contributed by atoms with Gasteiger partial charge in [-0.05, 0) is 35.9 Å². The van der Waals surface area contributed by atoms with Crippen LogP contribution in [-0.4, -0.2) is 52.4 Å². The van der Waals surface area contributed by atoms with Crippen molar-refractivity contribution in [2.75, 3.05) is 47.5 Å². The molecule has 5 nitrogen and oxygen atoms in total. The van der Waals surface area contributed by atoms with Crippen molar-refractivity contribution in [1.82, 2.24) is 10.2 Å². The lowest BCUT2D eigenvalue weighted by Gasteiger charge is -2.36. The first-order chi connectivity index (χ1) is 12.7. The molecule has 26 heavy (non-hydrogen) atoms. The number of rotatable bonds is 6. The Kier molecular flexibility index (Phi) is 6.25. The van der Waals surface area contributed by atoms with E-state index in [2.05, 4.69) is 16.3 Å². The van der Waals surface area contributed by atoms with Gasteiger partial charge >= 0.3 is 0 Å². The van der Waals surface area contributed by atoms with Crippen LogP contribution < -0.4 is 19.5 Å². The highest BCUT2D eigenvalue weighted by Crippen LogP contribution is 2.39. The Hall–Kier alpha value is -1.95. The molecular formula is C20H25ClN2O3. The van der Waals surface area contributed by atoms with Crippen molar-refractivity contribution in [3.05, 3.63) is 52.5 Å². The highest BCUT2D eigenvalue weighted by atomic mass is 35.5. The lowest BCUT2D eigenvalue weighted by Crippen LogP contribution is -2.45. The molecule has 0 bridgehead atoms. The molecule has 1 aliphatic heterocycles. The number of ether oxygens (including phenoxy) is 3. The third-order valence-electron chi connectivity index (χ3n) is 4.73. The number of nitrogens with one attached hydrogen (secondary N) is 1. The number of benzene rings is 2. The van der Waals surface area contributed by atoms with Crippen LogP contribution in [0.25, 0.3) is 0 Å². The molecule has 2 aromatic rings. The van der Waals surface area contributed by atoms with E-state index in [4.69, 9.17) is 25.8 Å². The van der Waals surface area contributed by atoms with Gasteiger partial charge in [0.05, 0.1) is 27.4 Å². The summed E-state index contributed by atoms with van der Waals surface area (Å²) in [6, 6.07) is 11.8. The monoisotopic (exact) mass is 376 g/mol. The molecule has 0 saturated carbocycles. The fourth-order valence-electron chi connectivity index (χ4n) is 3.47. The zero-order valence-electron chi connectivity index (χ0n) is 15.4. The van der Waals surface area contributed by atoms with Gasteiger partial charge < -0.3 is 19.5 Å². The maximum atomic E-state index is 6.32. The number of hydrogen-bond acceptors (Lipinski definition) is 5. The number of nitrogens with zero attached hydrogens (tertiary/aromatic N) is 1. The van der Waals surface area contributed by atoms with Crippen LogP contribution in [0.5, 0.6) is 17.2 Å². The minimum Gasteiger partial charge on any atom is -0.496 e. The summed E-state index contributed by atoms with van der Waals surface area (Å²) in [5.74, 6) is 2.26. The minimum absolute atomic E-state index is 0.0190. The summed E-state index contributed by atoms with van der Waals surface area (Å²) in [7, 11) is 4.99. The first kappa shape index (κ1) is 18.8. The molecule has 0 spiro atoms. The standard InChI is InChI=1S/C20H25ClN2O3/c1-24-17-7-5-15(21)13-16(17)20(23-10-8-22-9-11-23)14-4-6-18(25-2)19(12-14)26-3/h4-7,12-13,20,22H,8-11H2,1-3H3. The Morgan fingerprint density at radius 3 is 2.19 bits per heavy atom. The van der Waals surface area contributed by atoms with Gasteiger partial charge in [-0.25, -0.2) is 0 Å². The summed E-state index contributed by atoms with van der Waals surface area (Å²) in [5.41, 5.74) is 2.17. The second kappa shape index (κ2) is 8.62. The molecule has 140 valence electrons. The zero-order chi connectivity index (χ0) is 18.5. The Morgan fingerprint density at radius 1 is 0.885 bits per heavy atom. The minimum atomic E-state index is 0.0190. The van der Waals surface area contributed by atoms with Gasteiger partial charge in [0.1, 0.15) is 5.75 Å². The van der Waals surface area contributed by atoms with Crippen LogP contribution >= 0.6 is 11.6 Å². The highest BCUT2D eigenvalue weighted by Gasteiger charge is 2.27. The SMILES string of the molecule is COc1ccc(C(c2cc(Cl)ccc2OC)N2CCNCC2)cc1OC. The summed E-state index contributed by atoms with van der Waals surface area (Å²) in [4.78, 5) is 2.44. The smallest absolute Gasteiger partial charge is 0.161 e. The third kappa shape index (κ3) is 3.90. The van der Waals surface area contributed by atoms with Gasteiger partial charge in [0.15, 0.2) is 11.5 Å². The first-order valence-corrected chi connectivity index (χ1v) is 9.06. The van der Waals surface area contributed by atoms with Crippen molar-refractivity contribution in [3.8, 4) is 17.2 Å². The molecule has 0 radical (unpaired) electrons. The summed E-state index contributed by atoms with van der Waals surface area (Å²) < 4.78 is 16.5. The summed E-state index contributed by atoms with van der Waals surface area (Å²) >= 11 is 6.32. The van der Waals surface area contributed by atoms with E-state index in [9.17, 15) is 0 Å². The topological polar surface area (TPSA) is 43.0 Å². The van der Waals surface area contributed by atoms with Crippen molar-refractivity contribution in [1.29, 1.82) is 0 Å². The zero-order valence-corrected chi connectivity index (χ0v) is 16.2. The third-order valence-corrected chi connectivity index (χ3v) is 4.96. The van der Waals surface area contributed by atoms with Gasteiger partial charge in [0.2, 0.25) is 0 Å². The van der Waals surface area contributed by atoms with Crippen LogP contribution in [0.4, 0.5) is 0 Å². The molecular weight excluding hydrogens is 352 g/mol. The van der Waals surface area contributed by atoms with Gasteiger partial charge in [0, 0.05) is 36.8 Å². The van der Waals surface area contributed by atoms with Crippen LogP contribution in [0.3, 0.4) is 0 Å². The van der Waals surface area contributed by atoms with E-state index in [1.54, 1.807) is 21.3 Å². The molecule has 1 heterocycles. The summed E-state index contributed by atoms with van der Waals surface area (Å²) in [6.07, 6.45) is 0. The molecule has 0 amide bonds. The maximum Gasteiger partial charge on any atom is 0.161 e. The van der Waals surface area contributed by atoms with E-state index in [-0.39, 0.29) is 6.04 Å². The largest absolute Gasteiger partial charge is 0.496 e. The molecule has 0 aliphatic carbocycles. The van der Waals surface area contributed by atoms with Crippen molar-refractivity contribution < 1.29 is 14.2 Å². The van der Waals surface area contributed by atoms with E-state index in [1.165, 1.54) is 0 Å². The first-order valence-electron chi connectivity index (χ1n) is 8.68. The van der Waals surface area contributed by atoms with Crippen molar-refractivity contribution in [2.45, 2.75) is 6.04 Å². The van der Waals surface area contributed by atoms with Crippen LogP contribution in [0, 0.1) is 0 Å². The van der Waals surface area contributed by atoms with Crippen molar-refractivity contribution in [3.63, 3.8) is 0 Å². The highest BCUT2D eigenvalue weighted by molar-refractivity contribution is 6.30. The second-order valence-electron chi connectivity index (χ2n) is 6.19. The quantitative estimate of drug-likeness (QED) is 0.837. The van der Waals surface area contributed by atoms with E-state index in [0.717, 1.165) is 43.1 Å². The molecule has 1 unspecified atom stereocenters. The number of halogens is 1. The Labute approximate surface area is 159 Å². The molecule has 1 saturated heterocycles. The van der Waals surface area contributed by atoms with Gasteiger partial charge in [-0.15, -0.1) is 0 Å². The van der Waals surface area contributed by atoms with Crippen molar-refractivity contribution in [2.24, 2.45) is 0 Å². The van der Waals surface area contributed by atoms with Gasteiger partial charge in [-0.1, -0.05) is 17.7 Å². The van der Waals surface area contributed by atoms with E-state index in [1.807, 2.05) is 30.3 Å². The molecule has 3 rings (SSSR count). The Bertz CT molecular complexity index is 748. The maximum absolute atomic E-state index is 6.32. The predicted molar refractivity (Wildman–Crippen MR) is 104 cm³/mol. The predicted octanol–water partition coefficient (Wildman–Crippen LogP) is 3.36. The number of piperazine rings is 1. The van der Waals surface area contributed by atoms with Crippen molar-refractivity contribution >= 4 is 11.6 Å². The lowest BCUT2D eigenvalue weighted by atomic mass is 9.95. The average molecular weight is 377 g/mol. The van der Waals surface area contributed by atoms with Crippen LogP contribution in [0.15, 0.2) is 36.4 Å². The average Bonchev–Trinajstić information content (AvgIpc) is 2.69. The number of methoxy groups -OCH3 is 3. The van der Waals surface area contributed by atoms with Gasteiger partial charge in [-0.3, -0.25) is 4.90 Å². The molecule has 1 aliphatic rings. The van der Waals surface area contributed by atoms with Crippen LogP contribution in [-0.2, 0) is 0 Å². The fourth-order valence-corrected chi connectivity index (χ4v) is 3.65. The van der Waals surface area contributed by atoms with E-state index in [0.29, 0.717) is 16.5 Å². The fraction of sp³-hybridized carbons (Fsp3) is 0.400. The molecule has 2 aromatic carbocycles. The van der Waals surface area contributed by atoms with Crippen LogP contribution in [0.1, 0.15) is 17.2 Å². The second-order valence-corrected chi connectivity index (χ2v) is 6.63. The number of hydrogen-bond donors (Lipinski definition) is 1. The van der Waals surface area contributed by atoms with Gasteiger partial charge in [0.25, 0.3) is 0 Å². The van der Waals surface area contributed by atoms with Gasteiger partial charge in [-0.2, -0.15) is 0 Å². The molecule has 0 aromatic heterocycles. The lowest BCUT2D eigenvalue weighted by molar-refractivity contribution is 0.195. The summed E-state index contributed by atoms with van der Waals surface area (Å²) in [5, 5.41) is 4.11. The normalized spacial score (nSPS) is 16.2. The molecule has 1 atom stereocenters. The van der Waals surface area contributed by atoms with E-state index < -0.39 is 0 Å². The summed E-state index contributed by atoms with van der Waals surface area (Å²) in [6.45, 7) is 3.78. The molecule has 1 N–H and O–H groups in total. The molecule has 1 fully saturated rings. The molecule has 6 heteroatoms. The Balaban J connectivity index is 2.11.